The number of amides is 1. The number of ether oxygens (including phenoxy) is 1. The summed E-state index contributed by atoms with van der Waals surface area (Å²) in [7, 11) is 1.52. The third-order valence-electron chi connectivity index (χ3n) is 3.11. The number of nitriles is 1. The van der Waals surface area contributed by atoms with Gasteiger partial charge in [-0.25, -0.2) is 0 Å². The first-order valence-electron chi connectivity index (χ1n) is 7.14. The fraction of sp³-hybridized carbons (Fsp3) is 0.111. The second-order valence-corrected chi connectivity index (χ2v) is 5.87. The van der Waals surface area contributed by atoms with Gasteiger partial charge in [-0.3, -0.25) is 4.79 Å². The highest BCUT2D eigenvalue weighted by molar-refractivity contribution is 7.99. The van der Waals surface area contributed by atoms with Gasteiger partial charge in [0, 0.05) is 10.6 Å². The number of hydrogen-bond donors (Lipinski definition) is 1. The number of thioether (sulfide) groups is 1. The van der Waals surface area contributed by atoms with Crippen LogP contribution in [0.4, 0.5) is 14.5 Å². The van der Waals surface area contributed by atoms with Gasteiger partial charge in [0.1, 0.15) is 17.4 Å². The summed E-state index contributed by atoms with van der Waals surface area (Å²) in [5.74, 6) is -2.48. The number of methoxy groups -OCH3 is 1. The quantitative estimate of drug-likeness (QED) is 0.466. The molecule has 1 N–H and O–H groups in total. The Bertz CT molecular complexity index is 815. The summed E-state index contributed by atoms with van der Waals surface area (Å²) < 4.78 is 29.7. The van der Waals surface area contributed by atoms with E-state index in [-0.39, 0.29) is 5.57 Å². The highest BCUT2D eigenvalue weighted by Gasteiger charge is 2.10. The third-order valence-corrected chi connectivity index (χ3v) is 3.83. The Morgan fingerprint density at radius 3 is 2.60 bits per heavy atom. The Kier molecular flexibility index (Phi) is 6.54. The SMILES string of the molecule is COc1cccc(/C=C(\C#N)C(=O)Nc2ccc(SC(F)F)cc2)c1. The van der Waals surface area contributed by atoms with Gasteiger partial charge in [0.25, 0.3) is 11.7 Å². The fourth-order valence-electron chi connectivity index (χ4n) is 1.96. The van der Waals surface area contributed by atoms with Crippen molar-refractivity contribution in [2.24, 2.45) is 0 Å². The molecule has 4 nitrogen and oxygen atoms in total. The predicted molar refractivity (Wildman–Crippen MR) is 93.5 cm³/mol. The van der Waals surface area contributed by atoms with E-state index in [1.165, 1.54) is 37.5 Å². The first-order chi connectivity index (χ1) is 12.0. The lowest BCUT2D eigenvalue weighted by Gasteiger charge is -2.06. The minimum absolute atomic E-state index is 0.0840. The number of carbonyl (C=O) groups excluding carboxylic acids is 1. The van der Waals surface area contributed by atoms with Crippen molar-refractivity contribution in [3.63, 3.8) is 0 Å². The van der Waals surface area contributed by atoms with Crippen LogP contribution >= 0.6 is 11.8 Å². The standard InChI is InChI=1S/C18H14F2N2O2S/c1-24-15-4-2-3-12(10-15)9-13(11-21)17(23)22-14-5-7-16(8-6-14)25-18(19)20/h2-10,18H,1H3,(H,22,23)/b13-9+. The topological polar surface area (TPSA) is 62.1 Å². The normalized spacial score (nSPS) is 11.1. The van der Waals surface area contributed by atoms with Crippen LogP contribution in [0.25, 0.3) is 6.08 Å². The van der Waals surface area contributed by atoms with Crippen LogP contribution in [-0.2, 0) is 4.79 Å². The first-order valence-corrected chi connectivity index (χ1v) is 8.02. The molecule has 2 rings (SSSR count). The highest BCUT2D eigenvalue weighted by Crippen LogP contribution is 2.26. The molecular weight excluding hydrogens is 346 g/mol. The molecule has 0 saturated carbocycles. The second-order valence-electron chi connectivity index (χ2n) is 4.80. The van der Waals surface area contributed by atoms with Crippen molar-refractivity contribution < 1.29 is 18.3 Å². The van der Waals surface area contributed by atoms with E-state index in [9.17, 15) is 18.8 Å². The van der Waals surface area contributed by atoms with Gasteiger partial charge in [-0.05, 0) is 48.0 Å². The van der Waals surface area contributed by atoms with Crippen LogP contribution < -0.4 is 10.1 Å². The minimum atomic E-state index is -2.50. The summed E-state index contributed by atoms with van der Waals surface area (Å²) in [4.78, 5) is 12.6. The van der Waals surface area contributed by atoms with Crippen molar-refractivity contribution in [1.82, 2.24) is 0 Å². The molecule has 0 aromatic heterocycles. The minimum Gasteiger partial charge on any atom is -0.497 e. The molecule has 0 unspecified atom stereocenters. The molecule has 0 aliphatic carbocycles. The van der Waals surface area contributed by atoms with E-state index in [4.69, 9.17) is 4.74 Å². The maximum Gasteiger partial charge on any atom is 0.288 e. The predicted octanol–water partition coefficient (Wildman–Crippen LogP) is 4.56. The number of hydrogen-bond acceptors (Lipinski definition) is 4. The molecule has 7 heteroatoms. The molecular formula is C18H14F2N2O2S. The summed E-state index contributed by atoms with van der Waals surface area (Å²) >= 11 is 0.420. The van der Waals surface area contributed by atoms with Gasteiger partial charge in [-0.1, -0.05) is 23.9 Å². The van der Waals surface area contributed by atoms with Crippen molar-refractivity contribution in [3.05, 3.63) is 59.7 Å². The molecule has 0 saturated heterocycles. The number of anilines is 1. The van der Waals surface area contributed by atoms with Crippen LogP contribution in [0.3, 0.4) is 0 Å². The summed E-state index contributed by atoms with van der Waals surface area (Å²) in [5.41, 5.74) is 0.976. The Labute approximate surface area is 148 Å². The molecule has 2 aromatic rings. The van der Waals surface area contributed by atoms with Gasteiger partial charge in [-0.15, -0.1) is 0 Å². The maximum absolute atomic E-state index is 12.3. The van der Waals surface area contributed by atoms with E-state index in [1.807, 2.05) is 6.07 Å². The fourth-order valence-corrected chi connectivity index (χ4v) is 2.46. The molecule has 1 amide bonds. The average molecular weight is 360 g/mol. The summed E-state index contributed by atoms with van der Waals surface area (Å²) in [6, 6.07) is 14.7. The molecule has 0 aliphatic heterocycles. The van der Waals surface area contributed by atoms with E-state index in [0.717, 1.165) is 0 Å². The van der Waals surface area contributed by atoms with Gasteiger partial charge in [0.2, 0.25) is 0 Å². The zero-order valence-corrected chi connectivity index (χ0v) is 14.0. The van der Waals surface area contributed by atoms with Gasteiger partial charge in [-0.2, -0.15) is 14.0 Å². The van der Waals surface area contributed by atoms with E-state index >= 15 is 0 Å². The number of benzene rings is 2. The van der Waals surface area contributed by atoms with Gasteiger partial charge < -0.3 is 10.1 Å². The lowest BCUT2D eigenvalue weighted by Crippen LogP contribution is -2.13. The summed E-state index contributed by atoms with van der Waals surface area (Å²) in [6.07, 6.45) is 1.44. The van der Waals surface area contributed by atoms with Crippen LogP contribution in [-0.4, -0.2) is 18.8 Å². The van der Waals surface area contributed by atoms with Crippen molar-refractivity contribution >= 4 is 29.4 Å². The maximum atomic E-state index is 12.3. The zero-order valence-electron chi connectivity index (χ0n) is 13.2. The summed E-state index contributed by atoms with van der Waals surface area (Å²) in [5, 5.41) is 11.8. The Hall–Kier alpha value is -2.85. The zero-order chi connectivity index (χ0) is 18.2. The van der Waals surface area contributed by atoms with Gasteiger partial charge in [0.05, 0.1) is 7.11 Å². The number of halogens is 2. The largest absolute Gasteiger partial charge is 0.497 e. The Morgan fingerprint density at radius 2 is 2.00 bits per heavy atom. The number of nitrogens with zero attached hydrogens (tertiary/aromatic N) is 1. The highest BCUT2D eigenvalue weighted by atomic mass is 32.2. The molecule has 0 atom stereocenters. The first kappa shape index (κ1) is 18.5. The molecule has 128 valence electrons. The van der Waals surface area contributed by atoms with Crippen LogP contribution in [0, 0.1) is 11.3 Å². The molecule has 0 bridgehead atoms. The Morgan fingerprint density at radius 1 is 1.28 bits per heavy atom. The number of rotatable bonds is 6. The molecule has 25 heavy (non-hydrogen) atoms. The van der Waals surface area contributed by atoms with Crippen LogP contribution in [0.2, 0.25) is 0 Å². The van der Waals surface area contributed by atoms with E-state index in [2.05, 4.69) is 5.32 Å². The Balaban J connectivity index is 2.11. The van der Waals surface area contributed by atoms with Crippen LogP contribution in [0.5, 0.6) is 5.75 Å². The number of carbonyl (C=O) groups is 1. The second kappa shape index (κ2) is 8.85. The monoisotopic (exact) mass is 360 g/mol. The number of nitrogens with one attached hydrogen (secondary N) is 1. The van der Waals surface area contributed by atoms with Crippen molar-refractivity contribution in [1.29, 1.82) is 5.26 Å². The lowest BCUT2D eigenvalue weighted by atomic mass is 10.1. The van der Waals surface area contributed by atoms with E-state index in [0.29, 0.717) is 33.7 Å². The third kappa shape index (κ3) is 5.62. The van der Waals surface area contributed by atoms with Crippen molar-refractivity contribution in [2.75, 3.05) is 12.4 Å². The molecule has 2 aromatic carbocycles. The molecule has 0 radical (unpaired) electrons. The smallest absolute Gasteiger partial charge is 0.288 e. The average Bonchev–Trinajstić information content (AvgIpc) is 2.61. The van der Waals surface area contributed by atoms with Crippen molar-refractivity contribution in [3.8, 4) is 11.8 Å². The van der Waals surface area contributed by atoms with Crippen LogP contribution in [0.1, 0.15) is 5.56 Å². The van der Waals surface area contributed by atoms with Crippen molar-refractivity contribution in [2.45, 2.75) is 10.7 Å². The molecule has 0 spiro atoms. The molecule has 0 heterocycles. The van der Waals surface area contributed by atoms with E-state index < -0.39 is 11.7 Å². The number of alkyl halides is 2. The van der Waals surface area contributed by atoms with Crippen LogP contribution in [0.15, 0.2) is 59.0 Å². The van der Waals surface area contributed by atoms with Gasteiger partial charge in [0.15, 0.2) is 0 Å². The lowest BCUT2D eigenvalue weighted by molar-refractivity contribution is -0.112. The molecule has 0 fully saturated rings. The van der Waals surface area contributed by atoms with Gasteiger partial charge >= 0.3 is 0 Å². The van der Waals surface area contributed by atoms with E-state index in [1.54, 1.807) is 24.3 Å². The summed E-state index contributed by atoms with van der Waals surface area (Å²) in [6.45, 7) is 0. The molecule has 0 aliphatic rings.